The summed E-state index contributed by atoms with van der Waals surface area (Å²) < 4.78 is 10.5. The van der Waals surface area contributed by atoms with Gasteiger partial charge in [0.2, 0.25) is 5.89 Å². The minimum atomic E-state index is 0.0383. The smallest absolute Gasteiger partial charge is 0.234 e. The average Bonchev–Trinajstić information content (AvgIpc) is 2.86. The molecule has 17 heavy (non-hydrogen) atoms. The van der Waals surface area contributed by atoms with E-state index < -0.39 is 0 Å². The minimum absolute atomic E-state index is 0.0383. The molecule has 0 saturated carbocycles. The molecule has 0 aliphatic carbocycles. The van der Waals surface area contributed by atoms with Gasteiger partial charge >= 0.3 is 0 Å². The molecule has 1 fully saturated rings. The molecule has 96 valence electrons. The molecular formula is C12H21N3O2. The van der Waals surface area contributed by atoms with Crippen LogP contribution < -0.4 is 5.32 Å². The quantitative estimate of drug-likeness (QED) is 0.839. The van der Waals surface area contributed by atoms with Gasteiger partial charge < -0.3 is 14.6 Å². The molecule has 1 unspecified atom stereocenters. The zero-order valence-corrected chi connectivity index (χ0v) is 10.7. The van der Waals surface area contributed by atoms with Crippen LogP contribution in [0, 0.1) is 0 Å². The normalized spacial score (nSPS) is 25.1. The van der Waals surface area contributed by atoms with Crippen molar-refractivity contribution in [1.82, 2.24) is 15.5 Å². The van der Waals surface area contributed by atoms with Crippen LogP contribution in [0.1, 0.15) is 37.9 Å². The second-order valence-corrected chi connectivity index (χ2v) is 4.67. The first-order chi connectivity index (χ1) is 8.30. The lowest BCUT2D eigenvalue weighted by atomic mass is 9.78. The maximum absolute atomic E-state index is 5.44. The summed E-state index contributed by atoms with van der Waals surface area (Å²) in [7, 11) is 1.68. The molecule has 1 aromatic rings. The number of methoxy groups -OCH3 is 1. The van der Waals surface area contributed by atoms with E-state index >= 15 is 0 Å². The minimum Gasteiger partial charge on any atom is -0.384 e. The summed E-state index contributed by atoms with van der Waals surface area (Å²) in [6.45, 7) is 4.85. The third-order valence-electron chi connectivity index (χ3n) is 3.60. The topological polar surface area (TPSA) is 60.2 Å². The van der Waals surface area contributed by atoms with Gasteiger partial charge in [0.25, 0.3) is 0 Å². The van der Waals surface area contributed by atoms with Crippen LogP contribution in [-0.4, -0.2) is 36.9 Å². The third-order valence-corrected chi connectivity index (χ3v) is 3.60. The monoisotopic (exact) mass is 239 g/mol. The fraction of sp³-hybridized carbons (Fsp3) is 0.833. The van der Waals surface area contributed by atoms with Gasteiger partial charge in [0, 0.05) is 20.1 Å². The van der Waals surface area contributed by atoms with Crippen molar-refractivity contribution in [3.63, 3.8) is 0 Å². The zero-order valence-electron chi connectivity index (χ0n) is 10.7. The van der Waals surface area contributed by atoms with Crippen LogP contribution in [0.2, 0.25) is 0 Å². The van der Waals surface area contributed by atoms with E-state index in [0.717, 1.165) is 37.6 Å². The van der Waals surface area contributed by atoms with Crippen molar-refractivity contribution in [3.05, 3.63) is 11.7 Å². The van der Waals surface area contributed by atoms with Gasteiger partial charge in [-0.3, -0.25) is 0 Å². The Balaban J connectivity index is 2.10. The van der Waals surface area contributed by atoms with E-state index in [4.69, 9.17) is 9.26 Å². The highest BCUT2D eigenvalue weighted by Crippen LogP contribution is 2.33. The average molecular weight is 239 g/mol. The van der Waals surface area contributed by atoms with Gasteiger partial charge in [-0.15, -0.1) is 0 Å². The van der Waals surface area contributed by atoms with Gasteiger partial charge in [0.05, 0.1) is 12.0 Å². The van der Waals surface area contributed by atoms with Crippen LogP contribution in [-0.2, 0) is 16.6 Å². The van der Waals surface area contributed by atoms with Gasteiger partial charge in [0.15, 0.2) is 5.82 Å². The van der Waals surface area contributed by atoms with Gasteiger partial charge in [-0.1, -0.05) is 12.1 Å². The first kappa shape index (κ1) is 12.5. The van der Waals surface area contributed by atoms with Crippen LogP contribution in [0.25, 0.3) is 0 Å². The Labute approximate surface area is 102 Å². The van der Waals surface area contributed by atoms with E-state index in [1.807, 2.05) is 0 Å². The molecule has 2 rings (SSSR count). The second-order valence-electron chi connectivity index (χ2n) is 4.67. The van der Waals surface area contributed by atoms with Crippen molar-refractivity contribution < 1.29 is 9.26 Å². The zero-order chi connectivity index (χ0) is 12.1. The van der Waals surface area contributed by atoms with Gasteiger partial charge in [-0.25, -0.2) is 0 Å². The molecule has 0 bridgehead atoms. The Kier molecular flexibility index (Phi) is 4.12. The number of piperidine rings is 1. The Morgan fingerprint density at radius 2 is 2.41 bits per heavy atom. The standard InChI is InChI=1S/C12H21N3O2/c1-3-12(6-4-7-13-9-12)11-14-10(15-17-11)5-8-16-2/h13H,3-9H2,1-2H3. The van der Waals surface area contributed by atoms with Gasteiger partial charge in [-0.05, 0) is 25.8 Å². The predicted octanol–water partition coefficient (Wildman–Crippen LogP) is 1.29. The number of ether oxygens (including phenoxy) is 1. The van der Waals surface area contributed by atoms with Crippen molar-refractivity contribution >= 4 is 0 Å². The molecule has 5 nitrogen and oxygen atoms in total. The predicted molar refractivity (Wildman–Crippen MR) is 64.0 cm³/mol. The van der Waals surface area contributed by atoms with Crippen LogP contribution in [0.15, 0.2) is 4.52 Å². The molecule has 1 atom stereocenters. The first-order valence-corrected chi connectivity index (χ1v) is 6.33. The fourth-order valence-corrected chi connectivity index (χ4v) is 2.37. The van der Waals surface area contributed by atoms with Crippen molar-refractivity contribution in [2.24, 2.45) is 0 Å². The molecular weight excluding hydrogens is 218 g/mol. The van der Waals surface area contributed by atoms with Crippen molar-refractivity contribution in [1.29, 1.82) is 0 Å². The van der Waals surface area contributed by atoms with E-state index in [0.29, 0.717) is 13.0 Å². The maximum atomic E-state index is 5.44. The lowest BCUT2D eigenvalue weighted by Gasteiger charge is -2.33. The van der Waals surface area contributed by atoms with Crippen LogP contribution in [0.5, 0.6) is 0 Å². The van der Waals surface area contributed by atoms with Gasteiger partial charge in [0.1, 0.15) is 0 Å². The molecule has 5 heteroatoms. The maximum Gasteiger partial charge on any atom is 0.234 e. The lowest BCUT2D eigenvalue weighted by molar-refractivity contribution is 0.199. The summed E-state index contributed by atoms with van der Waals surface area (Å²) in [6.07, 6.45) is 4.05. The fourth-order valence-electron chi connectivity index (χ4n) is 2.37. The number of rotatable bonds is 5. The molecule has 1 N–H and O–H groups in total. The summed E-state index contributed by atoms with van der Waals surface area (Å²) in [5.74, 6) is 1.54. The molecule has 0 spiro atoms. The Bertz CT molecular complexity index is 345. The van der Waals surface area contributed by atoms with E-state index in [1.54, 1.807) is 7.11 Å². The van der Waals surface area contributed by atoms with Crippen molar-refractivity contribution in [2.75, 3.05) is 26.8 Å². The molecule has 0 aromatic carbocycles. The summed E-state index contributed by atoms with van der Waals surface area (Å²) in [5.41, 5.74) is 0.0383. The second kappa shape index (κ2) is 5.60. The number of aromatic nitrogens is 2. The number of hydrogen-bond acceptors (Lipinski definition) is 5. The molecule has 1 aliphatic heterocycles. The van der Waals surface area contributed by atoms with E-state index in [9.17, 15) is 0 Å². The van der Waals surface area contributed by atoms with Gasteiger partial charge in [-0.2, -0.15) is 4.98 Å². The van der Waals surface area contributed by atoms with Crippen molar-refractivity contribution in [2.45, 2.75) is 38.0 Å². The van der Waals surface area contributed by atoms with E-state index in [2.05, 4.69) is 22.4 Å². The molecule has 1 saturated heterocycles. The molecule has 2 heterocycles. The summed E-state index contributed by atoms with van der Waals surface area (Å²) in [5, 5.41) is 7.45. The molecule has 0 radical (unpaired) electrons. The Morgan fingerprint density at radius 1 is 1.53 bits per heavy atom. The largest absolute Gasteiger partial charge is 0.384 e. The Morgan fingerprint density at radius 3 is 3.06 bits per heavy atom. The summed E-state index contributed by atoms with van der Waals surface area (Å²) >= 11 is 0. The van der Waals surface area contributed by atoms with E-state index in [1.165, 1.54) is 6.42 Å². The van der Waals surface area contributed by atoms with Crippen LogP contribution >= 0.6 is 0 Å². The first-order valence-electron chi connectivity index (χ1n) is 6.33. The highest BCUT2D eigenvalue weighted by atomic mass is 16.5. The van der Waals surface area contributed by atoms with Crippen LogP contribution in [0.4, 0.5) is 0 Å². The van der Waals surface area contributed by atoms with Crippen LogP contribution in [0.3, 0.4) is 0 Å². The SMILES string of the molecule is CCC1(c2nc(CCOC)no2)CCCNC1. The Hall–Kier alpha value is -0.940. The third kappa shape index (κ3) is 2.66. The highest BCUT2D eigenvalue weighted by molar-refractivity contribution is 5.08. The number of nitrogens with zero attached hydrogens (tertiary/aromatic N) is 2. The summed E-state index contributed by atoms with van der Waals surface area (Å²) in [4.78, 5) is 4.52. The molecule has 1 aromatic heterocycles. The summed E-state index contributed by atoms with van der Waals surface area (Å²) in [6, 6.07) is 0. The van der Waals surface area contributed by atoms with E-state index in [-0.39, 0.29) is 5.41 Å². The highest BCUT2D eigenvalue weighted by Gasteiger charge is 2.37. The number of nitrogens with one attached hydrogen (secondary N) is 1. The molecule has 0 amide bonds. The molecule has 1 aliphatic rings. The van der Waals surface area contributed by atoms with Crippen molar-refractivity contribution in [3.8, 4) is 0 Å². The number of hydrogen-bond donors (Lipinski definition) is 1. The lowest BCUT2D eigenvalue weighted by Crippen LogP contribution is -2.43.